The van der Waals surface area contributed by atoms with E-state index in [4.69, 9.17) is 11.6 Å². The van der Waals surface area contributed by atoms with E-state index >= 15 is 0 Å². The lowest BCUT2D eigenvalue weighted by molar-refractivity contribution is 0.0932. The third-order valence-corrected chi connectivity index (χ3v) is 4.36. The predicted octanol–water partition coefficient (Wildman–Crippen LogP) is 2.97. The number of nitrogens with zero attached hydrogens (tertiary/aromatic N) is 2. The molecule has 21 heavy (non-hydrogen) atoms. The Hall–Kier alpha value is -1.81. The average Bonchev–Trinajstić information content (AvgIpc) is 2.90. The van der Waals surface area contributed by atoms with Gasteiger partial charge in [-0.1, -0.05) is 12.1 Å². The van der Waals surface area contributed by atoms with E-state index in [1.807, 2.05) is 42.2 Å². The molecule has 1 aromatic carbocycles. The lowest BCUT2D eigenvalue weighted by atomic mass is 9.92. The normalized spacial score (nSPS) is 17.3. The molecule has 0 spiro atoms. The Bertz CT molecular complexity index is 648. The maximum atomic E-state index is 12.4. The molecule has 1 aliphatic rings. The number of fused-ring (bicyclic) bond motifs is 1. The summed E-state index contributed by atoms with van der Waals surface area (Å²) in [6, 6.07) is 7.47. The minimum atomic E-state index is -0.0437. The number of nitrogens with one attached hydrogen (secondary N) is 1. The Morgan fingerprint density at radius 2 is 2.19 bits per heavy atom. The number of benzene rings is 1. The van der Waals surface area contributed by atoms with Crippen LogP contribution in [0.25, 0.3) is 0 Å². The highest BCUT2D eigenvalue weighted by atomic mass is 35.5. The number of amides is 1. The zero-order chi connectivity index (χ0) is 14.8. The van der Waals surface area contributed by atoms with Gasteiger partial charge in [-0.3, -0.25) is 9.48 Å². The zero-order valence-electron chi connectivity index (χ0n) is 12.0. The highest BCUT2D eigenvalue weighted by Crippen LogP contribution is 2.29. The quantitative estimate of drug-likeness (QED) is 0.886. The van der Waals surface area contributed by atoms with Crippen LogP contribution in [0.1, 0.15) is 46.1 Å². The summed E-state index contributed by atoms with van der Waals surface area (Å²) in [5.41, 5.74) is 4.05. The van der Waals surface area contributed by atoms with Crippen molar-refractivity contribution in [3.8, 4) is 0 Å². The van der Waals surface area contributed by atoms with E-state index in [0.717, 1.165) is 30.4 Å². The standard InChI is InChI=1S/C16H18ClN3O/c1-20-15-4-2-3-14(13(15)10-18-20)19-16(21)12-7-5-11(9-17)6-8-12/h5-8,10,14H,2-4,9H2,1H3,(H,19,21). The Labute approximate surface area is 129 Å². The van der Waals surface area contributed by atoms with Crippen molar-refractivity contribution in [2.45, 2.75) is 31.2 Å². The van der Waals surface area contributed by atoms with Crippen molar-refractivity contribution < 1.29 is 4.79 Å². The second kappa shape index (κ2) is 5.90. The van der Waals surface area contributed by atoms with Crippen LogP contribution in [-0.2, 0) is 19.3 Å². The number of hydrogen-bond donors (Lipinski definition) is 1. The van der Waals surface area contributed by atoms with Crippen molar-refractivity contribution in [3.05, 3.63) is 52.8 Å². The highest BCUT2D eigenvalue weighted by Gasteiger charge is 2.24. The van der Waals surface area contributed by atoms with Crippen LogP contribution in [0.5, 0.6) is 0 Å². The first-order chi connectivity index (χ1) is 10.2. The van der Waals surface area contributed by atoms with Gasteiger partial charge in [-0.05, 0) is 37.0 Å². The third-order valence-electron chi connectivity index (χ3n) is 4.05. The summed E-state index contributed by atoms with van der Waals surface area (Å²) >= 11 is 5.76. The van der Waals surface area contributed by atoms with E-state index in [2.05, 4.69) is 10.4 Å². The van der Waals surface area contributed by atoms with Crippen molar-refractivity contribution in [3.63, 3.8) is 0 Å². The zero-order valence-corrected chi connectivity index (χ0v) is 12.7. The van der Waals surface area contributed by atoms with E-state index in [-0.39, 0.29) is 11.9 Å². The van der Waals surface area contributed by atoms with E-state index in [0.29, 0.717) is 11.4 Å². The second-order valence-electron chi connectivity index (χ2n) is 5.42. The lowest BCUT2D eigenvalue weighted by Gasteiger charge is -2.23. The number of carbonyl (C=O) groups excluding carboxylic acids is 1. The van der Waals surface area contributed by atoms with Crippen molar-refractivity contribution in [2.75, 3.05) is 0 Å². The van der Waals surface area contributed by atoms with Gasteiger partial charge in [-0.25, -0.2) is 0 Å². The lowest BCUT2D eigenvalue weighted by Crippen LogP contribution is -2.30. The molecule has 0 aliphatic heterocycles. The molecule has 1 heterocycles. The van der Waals surface area contributed by atoms with Crippen LogP contribution in [-0.4, -0.2) is 15.7 Å². The first-order valence-corrected chi connectivity index (χ1v) is 7.69. The Kier molecular flexibility index (Phi) is 3.97. The first kappa shape index (κ1) is 14.1. The molecule has 5 heteroatoms. The first-order valence-electron chi connectivity index (χ1n) is 7.15. The summed E-state index contributed by atoms with van der Waals surface area (Å²) in [4.78, 5) is 12.4. The predicted molar refractivity (Wildman–Crippen MR) is 82.4 cm³/mol. The van der Waals surface area contributed by atoms with Crippen LogP contribution >= 0.6 is 11.6 Å². The van der Waals surface area contributed by atoms with Gasteiger partial charge in [-0.15, -0.1) is 11.6 Å². The van der Waals surface area contributed by atoms with E-state index in [9.17, 15) is 4.79 Å². The fourth-order valence-corrected chi connectivity index (χ4v) is 3.02. The van der Waals surface area contributed by atoms with Crippen LogP contribution in [0.2, 0.25) is 0 Å². The highest BCUT2D eigenvalue weighted by molar-refractivity contribution is 6.17. The minimum Gasteiger partial charge on any atom is -0.345 e. The van der Waals surface area contributed by atoms with Gasteiger partial charge >= 0.3 is 0 Å². The molecule has 3 rings (SSSR count). The summed E-state index contributed by atoms with van der Waals surface area (Å²) in [7, 11) is 1.95. The summed E-state index contributed by atoms with van der Waals surface area (Å²) in [6.45, 7) is 0. The van der Waals surface area contributed by atoms with Crippen molar-refractivity contribution in [1.29, 1.82) is 0 Å². The van der Waals surface area contributed by atoms with Gasteiger partial charge in [0.25, 0.3) is 5.91 Å². The maximum absolute atomic E-state index is 12.4. The third kappa shape index (κ3) is 2.81. The molecule has 1 N–H and O–H groups in total. The SMILES string of the molecule is Cn1ncc2c1CCCC2NC(=O)c1ccc(CCl)cc1. The van der Waals surface area contributed by atoms with E-state index in [1.165, 1.54) is 5.69 Å². The molecule has 1 unspecified atom stereocenters. The molecule has 1 amide bonds. The van der Waals surface area contributed by atoms with Gasteiger partial charge in [0.15, 0.2) is 0 Å². The summed E-state index contributed by atoms with van der Waals surface area (Å²) in [6.07, 6.45) is 4.94. The molecule has 1 aromatic heterocycles. The monoisotopic (exact) mass is 303 g/mol. The number of aromatic nitrogens is 2. The molecule has 4 nitrogen and oxygen atoms in total. The molecule has 2 aromatic rings. The molecule has 1 aliphatic carbocycles. The van der Waals surface area contributed by atoms with Crippen LogP contribution in [0, 0.1) is 0 Å². The van der Waals surface area contributed by atoms with Gasteiger partial charge in [0.2, 0.25) is 0 Å². The van der Waals surface area contributed by atoms with Gasteiger partial charge in [0.05, 0.1) is 12.2 Å². The smallest absolute Gasteiger partial charge is 0.251 e. The summed E-state index contributed by atoms with van der Waals surface area (Å²) < 4.78 is 1.91. The molecule has 0 saturated carbocycles. The largest absolute Gasteiger partial charge is 0.345 e. The Morgan fingerprint density at radius 3 is 2.90 bits per heavy atom. The van der Waals surface area contributed by atoms with Crippen molar-refractivity contribution in [1.82, 2.24) is 15.1 Å². The number of alkyl halides is 1. The molecular formula is C16H18ClN3O. The van der Waals surface area contributed by atoms with Gasteiger partial charge in [0, 0.05) is 29.7 Å². The maximum Gasteiger partial charge on any atom is 0.251 e. The van der Waals surface area contributed by atoms with Crippen LogP contribution in [0.15, 0.2) is 30.5 Å². The Morgan fingerprint density at radius 1 is 1.43 bits per heavy atom. The summed E-state index contributed by atoms with van der Waals surface area (Å²) in [5, 5.41) is 7.42. The number of aryl methyl sites for hydroxylation is 1. The summed E-state index contributed by atoms with van der Waals surface area (Å²) in [5.74, 6) is 0.418. The van der Waals surface area contributed by atoms with Gasteiger partial charge in [-0.2, -0.15) is 5.10 Å². The molecule has 0 saturated heterocycles. The average molecular weight is 304 g/mol. The molecule has 0 fully saturated rings. The van der Waals surface area contributed by atoms with Crippen LogP contribution < -0.4 is 5.32 Å². The number of carbonyl (C=O) groups is 1. The minimum absolute atomic E-state index is 0.0437. The number of halogens is 1. The van der Waals surface area contributed by atoms with Crippen LogP contribution in [0.4, 0.5) is 0 Å². The number of rotatable bonds is 3. The molecule has 1 atom stereocenters. The molecular weight excluding hydrogens is 286 g/mol. The van der Waals surface area contributed by atoms with Crippen molar-refractivity contribution >= 4 is 17.5 Å². The fraction of sp³-hybridized carbons (Fsp3) is 0.375. The van der Waals surface area contributed by atoms with Crippen molar-refractivity contribution in [2.24, 2.45) is 7.05 Å². The molecule has 110 valence electrons. The fourth-order valence-electron chi connectivity index (χ4n) is 2.84. The number of hydrogen-bond acceptors (Lipinski definition) is 2. The Balaban J connectivity index is 1.76. The van der Waals surface area contributed by atoms with Crippen LogP contribution in [0.3, 0.4) is 0 Å². The molecule has 0 radical (unpaired) electrons. The van der Waals surface area contributed by atoms with Gasteiger partial charge in [0.1, 0.15) is 0 Å². The van der Waals surface area contributed by atoms with E-state index < -0.39 is 0 Å². The molecule has 0 bridgehead atoms. The van der Waals surface area contributed by atoms with Gasteiger partial charge < -0.3 is 5.32 Å². The topological polar surface area (TPSA) is 46.9 Å². The second-order valence-corrected chi connectivity index (χ2v) is 5.69. The van der Waals surface area contributed by atoms with E-state index in [1.54, 1.807) is 0 Å².